The number of likely N-dealkylation sites (tertiary alicyclic amines) is 1. The van der Waals surface area contributed by atoms with E-state index in [1.165, 1.54) is 30.2 Å². The van der Waals surface area contributed by atoms with Crippen molar-refractivity contribution in [3.63, 3.8) is 0 Å². The smallest absolute Gasteiger partial charge is 0.354 e. The summed E-state index contributed by atoms with van der Waals surface area (Å²) in [5.74, 6) is 0.865. The fourth-order valence-electron chi connectivity index (χ4n) is 6.13. The maximum Gasteiger partial charge on any atom is 0.354 e. The molecule has 0 bridgehead atoms. The summed E-state index contributed by atoms with van der Waals surface area (Å²) in [7, 11) is 0. The van der Waals surface area contributed by atoms with Gasteiger partial charge in [0.05, 0.1) is 5.69 Å². The van der Waals surface area contributed by atoms with Gasteiger partial charge in [-0.25, -0.2) is 4.79 Å². The van der Waals surface area contributed by atoms with Gasteiger partial charge in [-0.1, -0.05) is 30.3 Å². The van der Waals surface area contributed by atoms with Crippen molar-refractivity contribution in [1.29, 1.82) is 5.41 Å². The molecule has 2 saturated heterocycles. The highest BCUT2D eigenvalue weighted by molar-refractivity contribution is 8.13. The van der Waals surface area contributed by atoms with Gasteiger partial charge in [-0.3, -0.25) is 14.9 Å². The number of nitrogens with two attached hydrogens (primary N) is 2. The third kappa shape index (κ3) is 6.92. The molecule has 5 rings (SSSR count). The number of amidine groups is 1. The van der Waals surface area contributed by atoms with Crippen LogP contribution in [-0.4, -0.2) is 55.5 Å². The zero-order valence-corrected chi connectivity index (χ0v) is 23.7. The van der Waals surface area contributed by atoms with Crippen molar-refractivity contribution in [2.45, 2.75) is 82.5 Å². The van der Waals surface area contributed by atoms with Crippen molar-refractivity contribution in [1.82, 2.24) is 24.8 Å². The van der Waals surface area contributed by atoms with Gasteiger partial charge < -0.3 is 21.8 Å². The highest BCUT2D eigenvalue weighted by Gasteiger charge is 2.27. The first kappa shape index (κ1) is 27.9. The standard InChI is InChI=1S/C29H42N8OS/c1-19(30)5-3-14-36-15-4-8-26(36)25-17-21-18-37(29(38)35-27(21)34-25)23-11-9-20(10-12-23)24-7-2-6-22(33-24)13-16-39-28(31)32/h9-12,17-19,22,24,26,33H,2-8,13-16,30H2,1H3,(H3,31,32)(H,34,35,38)/t19-,22-,24-,26-/m0/s1. The molecular formula is C29H42N8OS. The van der Waals surface area contributed by atoms with E-state index < -0.39 is 0 Å². The quantitative estimate of drug-likeness (QED) is 0.188. The topological polar surface area (TPSA) is 142 Å². The van der Waals surface area contributed by atoms with E-state index in [9.17, 15) is 4.79 Å². The van der Waals surface area contributed by atoms with Crippen LogP contribution in [-0.2, 0) is 0 Å². The Morgan fingerprint density at radius 3 is 2.82 bits per heavy atom. The predicted octanol–water partition coefficient (Wildman–Crippen LogP) is 4.18. The van der Waals surface area contributed by atoms with Crippen molar-refractivity contribution in [3.05, 3.63) is 58.3 Å². The van der Waals surface area contributed by atoms with Crippen molar-refractivity contribution in [2.75, 3.05) is 18.8 Å². The molecule has 1 aromatic carbocycles. The minimum atomic E-state index is -0.275. The van der Waals surface area contributed by atoms with E-state index in [0.717, 1.165) is 74.1 Å². The van der Waals surface area contributed by atoms with E-state index in [1.54, 1.807) is 4.57 Å². The summed E-state index contributed by atoms with van der Waals surface area (Å²) in [6.45, 7) is 4.21. The van der Waals surface area contributed by atoms with Gasteiger partial charge in [0.25, 0.3) is 0 Å². The first-order valence-corrected chi connectivity index (χ1v) is 15.3. The molecule has 2 aromatic heterocycles. The number of hydrogen-bond donors (Lipinski definition) is 5. The fourth-order valence-corrected chi connectivity index (χ4v) is 6.75. The summed E-state index contributed by atoms with van der Waals surface area (Å²) in [6.07, 6.45) is 10.8. The van der Waals surface area contributed by atoms with Crippen LogP contribution in [0.5, 0.6) is 0 Å². The van der Waals surface area contributed by atoms with Crippen molar-refractivity contribution >= 4 is 28.0 Å². The Kier molecular flexibility index (Phi) is 9.06. The summed E-state index contributed by atoms with van der Waals surface area (Å²) >= 11 is 1.41. The lowest BCUT2D eigenvalue weighted by atomic mass is 9.92. The van der Waals surface area contributed by atoms with Gasteiger partial charge in [0.2, 0.25) is 0 Å². The Hall–Kier alpha value is -2.66. The third-order valence-electron chi connectivity index (χ3n) is 8.14. The molecule has 9 nitrogen and oxygen atoms in total. The fraction of sp³-hybridized carbons (Fsp3) is 0.552. The molecule has 210 valence electrons. The van der Waals surface area contributed by atoms with Crippen LogP contribution in [0, 0.1) is 5.41 Å². The Labute approximate surface area is 234 Å². The molecular weight excluding hydrogens is 508 g/mol. The van der Waals surface area contributed by atoms with Gasteiger partial charge >= 0.3 is 5.69 Å². The lowest BCUT2D eigenvalue weighted by molar-refractivity contribution is 0.247. The minimum Gasteiger partial charge on any atom is -0.379 e. The average Bonchev–Trinajstić information content (AvgIpc) is 3.54. The molecule has 4 atom stereocenters. The SMILES string of the molecule is C[C@H](N)CCCN1CCC[C@H]1c1cc2cn(-c3ccc([C@@H]4CCC[C@@H](CCSC(=N)N)N4)cc3)c(=O)nc2[nH]1. The molecule has 0 aliphatic carbocycles. The number of benzene rings is 1. The van der Waals surface area contributed by atoms with E-state index in [2.05, 4.69) is 45.3 Å². The Balaban J connectivity index is 1.28. The van der Waals surface area contributed by atoms with Crippen molar-refractivity contribution in [3.8, 4) is 5.69 Å². The Morgan fingerprint density at radius 1 is 1.23 bits per heavy atom. The number of nitrogens with one attached hydrogen (secondary N) is 3. The molecule has 2 aliphatic rings. The summed E-state index contributed by atoms with van der Waals surface area (Å²) in [5.41, 5.74) is 15.0. The average molecular weight is 551 g/mol. The molecule has 7 N–H and O–H groups in total. The Morgan fingerprint density at radius 2 is 2.05 bits per heavy atom. The molecule has 0 amide bonds. The maximum absolute atomic E-state index is 13.0. The van der Waals surface area contributed by atoms with Crippen molar-refractivity contribution < 1.29 is 0 Å². The number of aromatic nitrogens is 3. The molecule has 0 unspecified atom stereocenters. The molecule has 0 radical (unpaired) electrons. The van der Waals surface area contributed by atoms with Crippen LogP contribution in [0.25, 0.3) is 16.7 Å². The van der Waals surface area contributed by atoms with Gasteiger partial charge in [0.1, 0.15) is 5.65 Å². The van der Waals surface area contributed by atoms with Gasteiger partial charge in [-0.05, 0) is 88.7 Å². The van der Waals surface area contributed by atoms with Crippen LogP contribution < -0.4 is 22.5 Å². The number of H-pyrrole nitrogens is 1. The highest BCUT2D eigenvalue weighted by Crippen LogP contribution is 2.33. The van der Waals surface area contributed by atoms with Crippen LogP contribution in [0.1, 0.15) is 81.6 Å². The van der Waals surface area contributed by atoms with Gasteiger partial charge in [-0.2, -0.15) is 4.98 Å². The second-order valence-corrected chi connectivity index (χ2v) is 12.3. The minimum absolute atomic E-state index is 0.185. The first-order valence-electron chi connectivity index (χ1n) is 14.3. The summed E-state index contributed by atoms with van der Waals surface area (Å²) in [4.78, 5) is 23.4. The zero-order valence-electron chi connectivity index (χ0n) is 22.9. The molecule has 4 heterocycles. The molecule has 2 aliphatic heterocycles. The maximum atomic E-state index is 13.0. The number of rotatable bonds is 10. The molecule has 39 heavy (non-hydrogen) atoms. The predicted molar refractivity (Wildman–Crippen MR) is 161 cm³/mol. The third-order valence-corrected chi connectivity index (χ3v) is 8.89. The van der Waals surface area contributed by atoms with Crippen LogP contribution in [0.15, 0.2) is 41.3 Å². The van der Waals surface area contributed by atoms with Crippen LogP contribution >= 0.6 is 11.8 Å². The monoisotopic (exact) mass is 550 g/mol. The van der Waals surface area contributed by atoms with Gasteiger partial charge in [0.15, 0.2) is 5.17 Å². The zero-order chi connectivity index (χ0) is 27.4. The number of nitrogens with zero attached hydrogens (tertiary/aromatic N) is 3. The lowest BCUT2D eigenvalue weighted by Gasteiger charge is -2.31. The molecule has 2 fully saturated rings. The number of aromatic amines is 1. The largest absolute Gasteiger partial charge is 0.379 e. The van der Waals surface area contributed by atoms with E-state index in [1.807, 2.05) is 18.3 Å². The first-order chi connectivity index (χ1) is 18.9. The van der Waals surface area contributed by atoms with Crippen LogP contribution in [0.4, 0.5) is 0 Å². The molecule has 0 spiro atoms. The Bertz CT molecular complexity index is 1320. The second kappa shape index (κ2) is 12.7. The van der Waals surface area contributed by atoms with Crippen LogP contribution in [0.3, 0.4) is 0 Å². The highest BCUT2D eigenvalue weighted by atomic mass is 32.2. The molecule has 3 aromatic rings. The number of hydrogen-bond acceptors (Lipinski definition) is 7. The van der Waals surface area contributed by atoms with E-state index in [-0.39, 0.29) is 16.9 Å². The van der Waals surface area contributed by atoms with E-state index in [4.69, 9.17) is 16.9 Å². The normalized spacial score (nSPS) is 22.9. The number of thioether (sulfide) groups is 1. The molecule has 10 heteroatoms. The van der Waals surface area contributed by atoms with Crippen LogP contribution in [0.2, 0.25) is 0 Å². The number of piperidine rings is 1. The summed E-state index contributed by atoms with van der Waals surface area (Å²) in [6, 6.07) is 11.8. The molecule has 0 saturated carbocycles. The van der Waals surface area contributed by atoms with Gasteiger partial charge in [0, 0.05) is 47.2 Å². The lowest BCUT2D eigenvalue weighted by Crippen LogP contribution is -2.37. The van der Waals surface area contributed by atoms with E-state index in [0.29, 0.717) is 23.8 Å². The van der Waals surface area contributed by atoms with Crippen molar-refractivity contribution in [2.24, 2.45) is 11.5 Å². The van der Waals surface area contributed by atoms with E-state index >= 15 is 0 Å². The number of fused-ring (bicyclic) bond motifs is 1. The summed E-state index contributed by atoms with van der Waals surface area (Å²) in [5, 5.41) is 12.3. The second-order valence-electron chi connectivity index (χ2n) is 11.2. The van der Waals surface area contributed by atoms with Gasteiger partial charge in [-0.15, -0.1) is 0 Å². The summed E-state index contributed by atoms with van der Waals surface area (Å²) < 4.78 is 1.65.